The van der Waals surface area contributed by atoms with Crippen LogP contribution < -0.4 is 11.1 Å². The lowest BCUT2D eigenvalue weighted by Crippen LogP contribution is -2.19. The molecule has 1 aromatic rings. The fourth-order valence-corrected chi connectivity index (χ4v) is 0.552. The summed E-state index contributed by atoms with van der Waals surface area (Å²) in [5.41, 5.74) is 4.80. The van der Waals surface area contributed by atoms with E-state index in [9.17, 15) is 4.79 Å². The Hall–Kier alpha value is -1.52. The lowest BCUT2D eigenvalue weighted by molar-refractivity contribution is 0.259. The molecule has 1 aromatic heterocycles. The highest BCUT2D eigenvalue weighted by molar-refractivity contribution is 5.86. The highest BCUT2D eigenvalue weighted by Crippen LogP contribution is 2.05. The van der Waals surface area contributed by atoms with Crippen LogP contribution in [0.2, 0.25) is 0 Å². The van der Waals surface area contributed by atoms with Gasteiger partial charge < -0.3 is 10.3 Å². The minimum absolute atomic E-state index is 0.338. The number of primary amides is 1. The van der Waals surface area contributed by atoms with Crippen molar-refractivity contribution in [1.29, 1.82) is 0 Å². The van der Waals surface area contributed by atoms with Crippen molar-refractivity contribution in [2.45, 2.75) is 20.8 Å². The number of aromatic nitrogens is 1. The normalized spacial score (nSPS) is 8.25. The molecule has 0 fully saturated rings. The molecule has 0 unspecified atom stereocenters. The predicted octanol–water partition coefficient (Wildman–Crippen LogP) is 1.50. The first-order valence-electron chi connectivity index (χ1n) is 3.68. The maximum absolute atomic E-state index is 10.2. The number of hydrogen-bond donors (Lipinski definition) is 2. The van der Waals surface area contributed by atoms with Crippen molar-refractivity contribution < 1.29 is 9.32 Å². The molecule has 12 heavy (non-hydrogen) atoms. The molecule has 0 bridgehead atoms. The van der Waals surface area contributed by atoms with E-state index in [2.05, 4.69) is 15.0 Å². The molecule has 5 nitrogen and oxygen atoms in total. The van der Waals surface area contributed by atoms with Crippen LogP contribution in [0.3, 0.4) is 0 Å². The van der Waals surface area contributed by atoms with Gasteiger partial charge in [-0.15, -0.1) is 0 Å². The molecule has 0 saturated carbocycles. The Kier molecular flexibility index (Phi) is 4.52. The van der Waals surface area contributed by atoms with E-state index in [-0.39, 0.29) is 0 Å². The van der Waals surface area contributed by atoms with Crippen molar-refractivity contribution in [3.63, 3.8) is 0 Å². The number of urea groups is 1. The van der Waals surface area contributed by atoms with Crippen LogP contribution >= 0.6 is 0 Å². The van der Waals surface area contributed by atoms with Crippen LogP contribution in [-0.2, 0) is 0 Å². The summed E-state index contributed by atoms with van der Waals surface area (Å²) in [6, 6.07) is 0.929. The Bertz CT molecular complexity index is 245. The van der Waals surface area contributed by atoms with Crippen molar-refractivity contribution in [3.05, 3.63) is 11.8 Å². The first kappa shape index (κ1) is 10.5. The van der Waals surface area contributed by atoms with Gasteiger partial charge in [-0.05, 0) is 6.92 Å². The number of nitrogens with one attached hydrogen (secondary N) is 1. The van der Waals surface area contributed by atoms with E-state index in [0.29, 0.717) is 11.6 Å². The summed E-state index contributed by atoms with van der Waals surface area (Å²) >= 11 is 0. The first-order chi connectivity index (χ1) is 5.68. The van der Waals surface area contributed by atoms with Gasteiger partial charge >= 0.3 is 6.03 Å². The van der Waals surface area contributed by atoms with Crippen LogP contribution in [-0.4, -0.2) is 11.2 Å². The smallest absolute Gasteiger partial charge is 0.317 e. The quantitative estimate of drug-likeness (QED) is 0.671. The van der Waals surface area contributed by atoms with Gasteiger partial charge in [0.25, 0.3) is 0 Å². The molecule has 0 aliphatic rings. The molecule has 0 aromatic carbocycles. The third kappa shape index (κ3) is 3.60. The second-order valence-electron chi connectivity index (χ2n) is 1.81. The molecule has 3 N–H and O–H groups in total. The predicted molar refractivity (Wildman–Crippen MR) is 45.8 cm³/mol. The van der Waals surface area contributed by atoms with Crippen molar-refractivity contribution >= 4 is 11.8 Å². The number of nitrogens with two attached hydrogens (primary N) is 1. The van der Waals surface area contributed by atoms with Gasteiger partial charge in [0.2, 0.25) is 0 Å². The van der Waals surface area contributed by atoms with E-state index in [1.807, 2.05) is 13.8 Å². The van der Waals surface area contributed by atoms with Crippen molar-refractivity contribution in [2.75, 3.05) is 5.32 Å². The summed E-state index contributed by atoms with van der Waals surface area (Å²) in [6.07, 6.45) is 0. The zero-order valence-corrected chi connectivity index (χ0v) is 7.42. The molecule has 1 rings (SSSR count). The summed E-state index contributed by atoms with van der Waals surface area (Å²) in [5, 5.41) is 5.73. The van der Waals surface area contributed by atoms with Gasteiger partial charge in [0.05, 0.1) is 0 Å². The van der Waals surface area contributed by atoms with Crippen LogP contribution in [0.25, 0.3) is 0 Å². The molecule has 0 aliphatic carbocycles. The number of hydrogen-bond acceptors (Lipinski definition) is 3. The van der Waals surface area contributed by atoms with Gasteiger partial charge in [-0.25, -0.2) is 4.79 Å². The number of nitrogens with zero attached hydrogens (tertiary/aromatic N) is 1. The first-order valence-corrected chi connectivity index (χ1v) is 3.68. The highest BCUT2D eigenvalue weighted by Gasteiger charge is 1.99. The van der Waals surface area contributed by atoms with E-state index in [4.69, 9.17) is 5.73 Å². The van der Waals surface area contributed by atoms with Gasteiger partial charge in [0, 0.05) is 6.07 Å². The van der Waals surface area contributed by atoms with Gasteiger partial charge in [0.1, 0.15) is 5.76 Å². The summed E-state index contributed by atoms with van der Waals surface area (Å²) in [7, 11) is 0. The SMILES string of the molecule is CC.Cc1cc(NC(N)=O)no1. The Morgan fingerprint density at radius 3 is 2.58 bits per heavy atom. The molecule has 1 heterocycles. The minimum Gasteiger partial charge on any atom is -0.360 e. The van der Waals surface area contributed by atoms with Crippen LogP contribution in [0, 0.1) is 6.92 Å². The maximum atomic E-state index is 10.2. The molecule has 68 valence electrons. The van der Waals surface area contributed by atoms with E-state index in [1.54, 1.807) is 13.0 Å². The lowest BCUT2D eigenvalue weighted by atomic mass is 10.5. The number of carbonyl (C=O) groups is 1. The lowest BCUT2D eigenvalue weighted by Gasteiger charge is -1.89. The second kappa shape index (κ2) is 5.17. The van der Waals surface area contributed by atoms with E-state index < -0.39 is 6.03 Å². The van der Waals surface area contributed by atoms with Crippen molar-refractivity contribution in [2.24, 2.45) is 5.73 Å². The third-order valence-electron chi connectivity index (χ3n) is 0.879. The summed E-state index contributed by atoms with van der Waals surface area (Å²) < 4.78 is 4.65. The van der Waals surface area contributed by atoms with Crippen LogP contribution in [0.1, 0.15) is 19.6 Å². The largest absolute Gasteiger partial charge is 0.360 e. The van der Waals surface area contributed by atoms with Gasteiger partial charge in [-0.3, -0.25) is 5.32 Å². The minimum atomic E-state index is -0.645. The second-order valence-corrected chi connectivity index (χ2v) is 1.81. The van der Waals surface area contributed by atoms with Gasteiger partial charge in [-0.1, -0.05) is 19.0 Å². The van der Waals surface area contributed by atoms with Gasteiger partial charge in [0.15, 0.2) is 5.82 Å². The molecule has 0 atom stereocenters. The van der Waals surface area contributed by atoms with Crippen molar-refractivity contribution in [1.82, 2.24) is 5.16 Å². The molecule has 0 radical (unpaired) electrons. The zero-order valence-electron chi connectivity index (χ0n) is 7.42. The fraction of sp³-hybridized carbons (Fsp3) is 0.429. The number of carbonyl (C=O) groups excluding carboxylic acids is 1. The third-order valence-corrected chi connectivity index (χ3v) is 0.879. The molecule has 0 spiro atoms. The molecule has 0 aliphatic heterocycles. The topological polar surface area (TPSA) is 81.1 Å². The van der Waals surface area contributed by atoms with E-state index in [1.165, 1.54) is 0 Å². The number of aryl methyl sites for hydroxylation is 1. The summed E-state index contributed by atoms with van der Waals surface area (Å²) in [6.45, 7) is 5.72. The fourth-order valence-electron chi connectivity index (χ4n) is 0.552. The average Bonchev–Trinajstić information content (AvgIpc) is 2.39. The molecular formula is C7H13N3O2. The van der Waals surface area contributed by atoms with Crippen LogP contribution in [0.4, 0.5) is 10.6 Å². The summed E-state index contributed by atoms with van der Waals surface area (Å²) in [5.74, 6) is 0.966. The Morgan fingerprint density at radius 1 is 1.67 bits per heavy atom. The Balaban J connectivity index is 0.000000561. The number of anilines is 1. The Labute approximate surface area is 70.9 Å². The van der Waals surface area contributed by atoms with E-state index in [0.717, 1.165) is 0 Å². The van der Waals surface area contributed by atoms with Gasteiger partial charge in [-0.2, -0.15) is 0 Å². The number of amides is 2. The Morgan fingerprint density at radius 2 is 2.25 bits per heavy atom. The monoisotopic (exact) mass is 171 g/mol. The van der Waals surface area contributed by atoms with Crippen molar-refractivity contribution in [3.8, 4) is 0 Å². The maximum Gasteiger partial charge on any atom is 0.317 e. The molecule has 5 heteroatoms. The number of rotatable bonds is 1. The summed E-state index contributed by atoms with van der Waals surface area (Å²) in [4.78, 5) is 10.2. The van der Waals surface area contributed by atoms with E-state index >= 15 is 0 Å². The standard InChI is InChI=1S/C5H7N3O2.C2H6/c1-3-2-4(8-10-3)7-5(6)9;1-2/h2H,1H3,(H3,6,7,8,9);1-2H3. The molecule has 0 saturated heterocycles. The zero-order chi connectivity index (χ0) is 9.56. The molecular weight excluding hydrogens is 158 g/mol. The average molecular weight is 171 g/mol. The molecule has 2 amide bonds. The van der Waals surface area contributed by atoms with Crippen LogP contribution in [0.5, 0.6) is 0 Å². The van der Waals surface area contributed by atoms with Crippen LogP contribution in [0.15, 0.2) is 10.6 Å². The highest BCUT2D eigenvalue weighted by atomic mass is 16.5.